The third-order valence-electron chi connectivity index (χ3n) is 2.79. The van der Waals surface area contributed by atoms with Crippen LogP contribution in [0.2, 0.25) is 0 Å². The summed E-state index contributed by atoms with van der Waals surface area (Å²) in [4.78, 5) is 0.104. The SMILES string of the molecule is N#C/C=C/[C@@H](O)[C@@H](Br)C1CCCCC1. The van der Waals surface area contributed by atoms with Crippen molar-refractivity contribution in [1.29, 1.82) is 5.26 Å². The first-order valence-corrected chi connectivity index (χ1v) is 6.05. The monoisotopic (exact) mass is 257 g/mol. The molecule has 1 aliphatic rings. The van der Waals surface area contributed by atoms with Gasteiger partial charge in [0.05, 0.1) is 12.2 Å². The molecule has 0 saturated heterocycles. The molecule has 2 nitrogen and oxygen atoms in total. The van der Waals surface area contributed by atoms with Crippen LogP contribution in [0.5, 0.6) is 0 Å². The summed E-state index contributed by atoms with van der Waals surface area (Å²) in [6.07, 6.45) is 8.61. The molecule has 3 heteroatoms. The summed E-state index contributed by atoms with van der Waals surface area (Å²) in [7, 11) is 0. The molecule has 1 N–H and O–H groups in total. The highest BCUT2D eigenvalue weighted by Crippen LogP contribution is 2.31. The number of alkyl halides is 1. The lowest BCUT2D eigenvalue weighted by molar-refractivity contribution is 0.181. The fraction of sp³-hybridized carbons (Fsp3) is 0.727. The third-order valence-corrected chi connectivity index (χ3v) is 4.08. The topological polar surface area (TPSA) is 44.0 Å². The lowest BCUT2D eigenvalue weighted by Gasteiger charge is -2.28. The van der Waals surface area contributed by atoms with Crippen LogP contribution in [0.3, 0.4) is 0 Å². The van der Waals surface area contributed by atoms with E-state index in [1.807, 2.05) is 6.07 Å². The second-order valence-corrected chi connectivity index (χ2v) is 4.88. The summed E-state index contributed by atoms with van der Waals surface area (Å²) in [5.41, 5.74) is 0. The van der Waals surface area contributed by atoms with Gasteiger partial charge in [0.1, 0.15) is 0 Å². The number of aliphatic hydroxyl groups is 1. The summed E-state index contributed by atoms with van der Waals surface area (Å²) in [6, 6.07) is 1.90. The highest BCUT2D eigenvalue weighted by molar-refractivity contribution is 9.09. The van der Waals surface area contributed by atoms with Crippen molar-refractivity contribution in [3.05, 3.63) is 12.2 Å². The maximum atomic E-state index is 9.72. The van der Waals surface area contributed by atoms with Crippen LogP contribution >= 0.6 is 15.9 Å². The fourth-order valence-corrected chi connectivity index (χ4v) is 2.68. The second kappa shape index (κ2) is 6.21. The van der Waals surface area contributed by atoms with Gasteiger partial charge in [-0.3, -0.25) is 0 Å². The Bertz CT molecular complexity index is 228. The molecule has 0 amide bonds. The Kier molecular flexibility index (Phi) is 5.21. The number of hydrogen-bond acceptors (Lipinski definition) is 2. The average molecular weight is 258 g/mol. The van der Waals surface area contributed by atoms with Crippen molar-refractivity contribution < 1.29 is 5.11 Å². The molecule has 0 bridgehead atoms. The Morgan fingerprint density at radius 3 is 2.57 bits per heavy atom. The number of rotatable bonds is 3. The minimum absolute atomic E-state index is 0.104. The Morgan fingerprint density at radius 1 is 1.36 bits per heavy atom. The first kappa shape index (κ1) is 11.7. The lowest BCUT2D eigenvalue weighted by atomic mass is 9.85. The maximum absolute atomic E-state index is 9.72. The van der Waals surface area contributed by atoms with Crippen LogP contribution < -0.4 is 0 Å². The van der Waals surface area contributed by atoms with Gasteiger partial charge >= 0.3 is 0 Å². The standard InChI is InChI=1S/C11H16BrNO/c12-11(10(14)7-4-8-13)9-5-2-1-3-6-9/h4,7,9-11,14H,1-3,5-6H2/b7-4+/t10-,11+/m1/s1. The Morgan fingerprint density at radius 2 is 2.00 bits per heavy atom. The van der Waals surface area contributed by atoms with Gasteiger partial charge in [-0.15, -0.1) is 0 Å². The first-order valence-electron chi connectivity index (χ1n) is 5.14. The number of halogens is 1. The number of nitriles is 1. The molecule has 0 spiro atoms. The highest BCUT2D eigenvalue weighted by Gasteiger charge is 2.25. The van der Waals surface area contributed by atoms with Gasteiger partial charge in [0.15, 0.2) is 0 Å². The van der Waals surface area contributed by atoms with E-state index in [0.29, 0.717) is 5.92 Å². The molecular formula is C11H16BrNO. The van der Waals surface area contributed by atoms with E-state index in [1.54, 1.807) is 6.08 Å². The molecule has 0 aliphatic heterocycles. The van der Waals surface area contributed by atoms with Gasteiger partial charge in [-0.1, -0.05) is 35.2 Å². The highest BCUT2D eigenvalue weighted by atomic mass is 79.9. The van der Waals surface area contributed by atoms with E-state index in [9.17, 15) is 5.11 Å². The zero-order valence-corrected chi connectivity index (χ0v) is 9.78. The molecule has 1 saturated carbocycles. The molecule has 0 aromatic carbocycles. The van der Waals surface area contributed by atoms with Crippen LogP contribution in [0, 0.1) is 17.2 Å². The third kappa shape index (κ3) is 3.43. The molecule has 0 aromatic rings. The summed E-state index contributed by atoms with van der Waals surface area (Å²) >= 11 is 3.52. The van der Waals surface area contributed by atoms with E-state index < -0.39 is 6.10 Å². The summed E-state index contributed by atoms with van der Waals surface area (Å²) in [6.45, 7) is 0. The van der Waals surface area contributed by atoms with E-state index in [1.165, 1.54) is 38.2 Å². The smallest absolute Gasteiger partial charge is 0.0909 e. The molecule has 78 valence electrons. The molecule has 1 aliphatic carbocycles. The first-order chi connectivity index (χ1) is 6.75. The molecular weight excluding hydrogens is 242 g/mol. The van der Waals surface area contributed by atoms with Crippen molar-refractivity contribution >= 4 is 15.9 Å². The van der Waals surface area contributed by atoms with Crippen LogP contribution in [0.4, 0.5) is 0 Å². The van der Waals surface area contributed by atoms with Crippen molar-refractivity contribution in [3.63, 3.8) is 0 Å². The van der Waals surface area contributed by atoms with Gasteiger partial charge in [0, 0.05) is 10.9 Å². The maximum Gasteiger partial charge on any atom is 0.0909 e. The van der Waals surface area contributed by atoms with Gasteiger partial charge in [-0.05, 0) is 24.8 Å². The Labute approximate surface area is 93.7 Å². The van der Waals surface area contributed by atoms with Gasteiger partial charge in [0.2, 0.25) is 0 Å². The summed E-state index contributed by atoms with van der Waals surface area (Å²) < 4.78 is 0. The minimum Gasteiger partial charge on any atom is -0.388 e. The lowest BCUT2D eigenvalue weighted by Crippen LogP contribution is -2.28. The molecule has 0 unspecified atom stereocenters. The Hall–Kier alpha value is -0.330. The predicted molar refractivity (Wildman–Crippen MR) is 60.0 cm³/mol. The predicted octanol–water partition coefficient (Wildman–Crippen LogP) is 2.77. The fourth-order valence-electron chi connectivity index (χ4n) is 1.98. The molecule has 1 rings (SSSR count). The van der Waals surface area contributed by atoms with E-state index >= 15 is 0 Å². The van der Waals surface area contributed by atoms with E-state index in [-0.39, 0.29) is 4.83 Å². The van der Waals surface area contributed by atoms with Gasteiger partial charge < -0.3 is 5.11 Å². The molecule has 0 aromatic heterocycles. The van der Waals surface area contributed by atoms with E-state index in [2.05, 4.69) is 15.9 Å². The number of hydrogen-bond donors (Lipinski definition) is 1. The minimum atomic E-state index is -0.530. The van der Waals surface area contributed by atoms with Crippen molar-refractivity contribution in [2.24, 2.45) is 5.92 Å². The van der Waals surface area contributed by atoms with Gasteiger partial charge in [-0.2, -0.15) is 5.26 Å². The molecule has 1 fully saturated rings. The number of allylic oxidation sites excluding steroid dienone is 1. The van der Waals surface area contributed by atoms with Crippen molar-refractivity contribution in [2.45, 2.75) is 43.0 Å². The van der Waals surface area contributed by atoms with Gasteiger partial charge in [0.25, 0.3) is 0 Å². The van der Waals surface area contributed by atoms with Crippen LogP contribution in [-0.2, 0) is 0 Å². The second-order valence-electron chi connectivity index (χ2n) is 3.82. The summed E-state index contributed by atoms with van der Waals surface area (Å²) in [5.74, 6) is 0.557. The van der Waals surface area contributed by atoms with Crippen molar-refractivity contribution in [1.82, 2.24) is 0 Å². The van der Waals surface area contributed by atoms with Crippen molar-refractivity contribution in [2.75, 3.05) is 0 Å². The quantitative estimate of drug-likeness (QED) is 0.624. The van der Waals surface area contributed by atoms with Crippen LogP contribution in [-0.4, -0.2) is 16.0 Å². The largest absolute Gasteiger partial charge is 0.388 e. The van der Waals surface area contributed by atoms with E-state index in [4.69, 9.17) is 5.26 Å². The number of aliphatic hydroxyl groups excluding tert-OH is 1. The normalized spacial score (nSPS) is 23.2. The number of nitrogens with zero attached hydrogens (tertiary/aromatic N) is 1. The average Bonchev–Trinajstić information content (AvgIpc) is 2.26. The van der Waals surface area contributed by atoms with Crippen LogP contribution in [0.1, 0.15) is 32.1 Å². The Balaban J connectivity index is 2.42. The molecule has 0 heterocycles. The zero-order chi connectivity index (χ0) is 10.4. The molecule has 14 heavy (non-hydrogen) atoms. The van der Waals surface area contributed by atoms with Crippen LogP contribution in [0.15, 0.2) is 12.2 Å². The molecule has 0 radical (unpaired) electrons. The van der Waals surface area contributed by atoms with Crippen molar-refractivity contribution in [3.8, 4) is 6.07 Å². The summed E-state index contributed by atoms with van der Waals surface area (Å²) in [5, 5.41) is 18.1. The van der Waals surface area contributed by atoms with Crippen LogP contribution in [0.25, 0.3) is 0 Å². The molecule has 2 atom stereocenters. The zero-order valence-electron chi connectivity index (χ0n) is 8.19. The van der Waals surface area contributed by atoms with E-state index in [0.717, 1.165) is 0 Å². The van der Waals surface area contributed by atoms with Gasteiger partial charge in [-0.25, -0.2) is 0 Å².